The van der Waals surface area contributed by atoms with Gasteiger partial charge in [-0.05, 0) is 0 Å². The van der Waals surface area contributed by atoms with Crippen LogP contribution in [-0.2, 0) is 35.7 Å². The molecule has 0 aromatic rings. The predicted molar refractivity (Wildman–Crippen MR) is 2.75 cm³/mol. The normalized spacial score (nSPS) is 0.857. The zero-order valence-corrected chi connectivity index (χ0v) is 8.99. The summed E-state index contributed by atoms with van der Waals surface area (Å²) in [5.74, 6) is 0. The quantitative estimate of drug-likeness (QED) is 0.483. The average Bonchev–Trinajstić information content (AvgIpc) is 1.00. The Morgan fingerprint density at radius 2 is 0.714 bits per heavy atom. The summed E-state index contributed by atoms with van der Waals surface area (Å²) in [7, 11) is 0. The Kier molecular flexibility index (Phi) is 500. The molecule has 7 heavy (non-hydrogen) atoms. The van der Waals surface area contributed by atoms with Crippen LogP contribution < -0.4 is 0 Å². The van der Waals surface area contributed by atoms with Crippen molar-refractivity contribution in [2.75, 3.05) is 0 Å². The molecule has 0 unspecified atom stereocenters. The summed E-state index contributed by atoms with van der Waals surface area (Å²) in [6, 6.07) is 0. The van der Waals surface area contributed by atoms with E-state index in [2.05, 4.69) is 15.4 Å². The minimum absolute atomic E-state index is 0. The van der Waals surface area contributed by atoms with E-state index in [1.807, 2.05) is 0 Å². The van der Waals surface area contributed by atoms with E-state index in [0.717, 1.165) is 0 Å². The largest absolute Gasteiger partial charge is 3.00 e. The van der Waals surface area contributed by atoms with Crippen molar-refractivity contribution in [3.63, 3.8) is 0 Å². The van der Waals surface area contributed by atoms with Gasteiger partial charge in [-0.15, -0.1) is 0 Å². The summed E-state index contributed by atoms with van der Waals surface area (Å²) in [5.41, 5.74) is 0. The van der Waals surface area contributed by atoms with Crippen molar-refractivity contribution in [3.05, 3.63) is 0 Å². The molecule has 0 aromatic heterocycles. The molecule has 2 radical (unpaired) electrons. The van der Waals surface area contributed by atoms with Crippen molar-refractivity contribution in [1.82, 2.24) is 0 Å². The Labute approximate surface area is 114 Å². The van der Waals surface area contributed by atoms with Crippen molar-refractivity contribution in [2.24, 2.45) is 0 Å². The van der Waals surface area contributed by atoms with Crippen molar-refractivity contribution >= 4 is 0 Å². The molecule has 0 aliphatic rings. The van der Waals surface area contributed by atoms with Gasteiger partial charge in [-0.3, -0.25) is 0 Å². The molecule has 0 atom stereocenters. The molecule has 0 rings (SSSR count). The third kappa shape index (κ3) is 51.1. The van der Waals surface area contributed by atoms with Crippen LogP contribution in [0.2, 0.25) is 0 Å². The first-order chi connectivity index (χ1) is 1.00. The number of rotatable bonds is 0. The Hall–Kier alpha value is 2.85. The molecule has 46 valence electrons. The zero-order chi connectivity index (χ0) is 2.00. The van der Waals surface area contributed by atoms with Gasteiger partial charge in [0.1, 0.15) is 0 Å². The van der Waals surface area contributed by atoms with Crippen LogP contribution in [0.5, 0.6) is 0 Å². The smallest absolute Gasteiger partial charge is 3.00 e. The van der Waals surface area contributed by atoms with E-state index in [-0.39, 0.29) is 97.2 Å². The first-order valence-electron chi connectivity index (χ1n) is 0.129. The van der Waals surface area contributed by atoms with Crippen LogP contribution in [-0.4, -0.2) is 0 Å². The van der Waals surface area contributed by atoms with Gasteiger partial charge < -0.3 is 16.4 Å². The van der Waals surface area contributed by atoms with Gasteiger partial charge in [0.25, 0.3) is 0 Å². The molecule has 0 N–H and O–H groups in total. The summed E-state index contributed by atoms with van der Waals surface area (Å²) in [6.07, 6.45) is 0. The van der Waals surface area contributed by atoms with Gasteiger partial charge in [0, 0.05) is 0 Å². The van der Waals surface area contributed by atoms with Gasteiger partial charge in [-0.1, -0.05) is 0 Å². The Morgan fingerprint density at radius 3 is 0.714 bits per heavy atom. The van der Waals surface area contributed by atoms with Crippen LogP contribution in [0.4, 0.5) is 0 Å². The van der Waals surface area contributed by atoms with Crippen LogP contribution in [0.25, 0.3) is 0 Å². The molecular weight excluding hydrogens is 423 g/mol. The molecule has 4 nitrogen and oxygen atoms in total. The van der Waals surface area contributed by atoms with Crippen LogP contribution in [0.15, 0.2) is 0 Å². The van der Waals surface area contributed by atoms with Crippen molar-refractivity contribution in [2.45, 2.75) is 0 Å². The Bertz CT molecular complexity index is 9.65. The van der Waals surface area contributed by atoms with E-state index in [9.17, 15) is 0 Å². The third-order valence-electron chi connectivity index (χ3n) is 0. The second-order valence-electron chi connectivity index (χ2n) is 0. The second kappa shape index (κ2) is 67.2. The molecule has 0 fully saturated rings. The standard InChI is InChI=1S/Ni.4O.2Sm/q;;3*-2;2*+3. The maximum absolute atomic E-state index is 7.88. The number of hydrogen-bond donors (Lipinski definition) is 0. The molecule has 7 heteroatoms. The Balaban J connectivity index is -0.000000000500. The van der Waals surface area contributed by atoms with E-state index in [4.69, 9.17) is 3.90 Å². The summed E-state index contributed by atoms with van der Waals surface area (Å²) in [4.78, 5) is 0. The van der Waals surface area contributed by atoms with Crippen molar-refractivity contribution in [3.8, 4) is 0 Å². The fourth-order valence-corrected chi connectivity index (χ4v) is 0. The second-order valence-corrected chi connectivity index (χ2v) is 0. The maximum atomic E-state index is 7.88. The van der Waals surface area contributed by atoms with Crippen molar-refractivity contribution in [1.29, 1.82) is 0 Å². The first-order valence-corrected chi connectivity index (χ1v) is 0.532. The molecule has 0 amide bonds. The average molecular weight is 423 g/mol. The monoisotopic (exact) mass is 426 g/mol. The van der Waals surface area contributed by atoms with E-state index >= 15 is 0 Å². The topological polar surface area (TPSA) is 103 Å². The number of hydrogen-bond acceptors (Lipinski definition) is 1. The molecule has 0 aliphatic heterocycles. The van der Waals surface area contributed by atoms with Gasteiger partial charge in [0.05, 0.1) is 0 Å². The summed E-state index contributed by atoms with van der Waals surface area (Å²) in [6.45, 7) is 0. The van der Waals surface area contributed by atoms with Crippen LogP contribution in [0.1, 0.15) is 0 Å². The Morgan fingerprint density at radius 1 is 0.714 bits per heavy atom. The molecule has 0 aromatic carbocycles. The minimum Gasteiger partial charge on any atom is 3.00 e. The predicted octanol–water partition coefficient (Wildman–Crippen LogP) is -0.478. The molecule has 0 saturated heterocycles. The van der Waals surface area contributed by atoms with E-state index < -0.39 is 0 Å². The van der Waals surface area contributed by atoms with Gasteiger partial charge in [-0.25, -0.2) is 0 Å². The SMILES string of the molecule is [O-2].[O-2].[O-2].[O]=[Ni].[Sm+3].[Sm+3]. The molecule has 0 heterocycles. The molecule has 0 spiro atoms. The van der Waals surface area contributed by atoms with Gasteiger partial charge in [-0.2, -0.15) is 0 Å². The maximum Gasteiger partial charge on any atom is 3.00 e. The first kappa shape index (κ1) is 52.1. The third-order valence-corrected chi connectivity index (χ3v) is 0. The zero-order valence-electron chi connectivity index (χ0n) is 2.77. The fourth-order valence-electron chi connectivity index (χ4n) is 0. The van der Waals surface area contributed by atoms with Crippen LogP contribution in [0.3, 0.4) is 0 Å². The van der Waals surface area contributed by atoms with Gasteiger partial charge in [0.15, 0.2) is 0 Å². The summed E-state index contributed by atoms with van der Waals surface area (Å²) >= 11 is 2.62. The summed E-state index contributed by atoms with van der Waals surface area (Å²) in [5, 5.41) is 0. The molecular formula is NiO4Sm2. The van der Waals surface area contributed by atoms with Gasteiger partial charge >= 0.3 is 100 Å². The molecule has 0 saturated carbocycles. The summed E-state index contributed by atoms with van der Waals surface area (Å²) < 4.78 is 7.88. The van der Waals surface area contributed by atoms with E-state index in [1.165, 1.54) is 0 Å². The van der Waals surface area contributed by atoms with E-state index in [0.29, 0.717) is 0 Å². The molecule has 0 aliphatic carbocycles. The van der Waals surface area contributed by atoms with Gasteiger partial charge in [0.2, 0.25) is 0 Å². The van der Waals surface area contributed by atoms with Crippen LogP contribution in [0, 0.1) is 80.8 Å². The van der Waals surface area contributed by atoms with Crippen molar-refractivity contribution < 1.29 is 116 Å². The minimum atomic E-state index is 0. The van der Waals surface area contributed by atoms with Crippen LogP contribution >= 0.6 is 0 Å². The molecule has 0 bridgehead atoms. The fraction of sp³-hybridized carbons (Fsp3) is 0. The van der Waals surface area contributed by atoms with E-state index in [1.54, 1.807) is 0 Å².